The van der Waals surface area contributed by atoms with Crippen LogP contribution in [-0.4, -0.2) is 52.7 Å². The molecule has 2 saturated heterocycles. The average Bonchev–Trinajstić information content (AvgIpc) is 3.52. The molecule has 4 atom stereocenters. The number of rotatable bonds is 6. The van der Waals surface area contributed by atoms with Gasteiger partial charge < -0.3 is 20.1 Å². The van der Waals surface area contributed by atoms with Crippen molar-refractivity contribution in [3.63, 3.8) is 0 Å². The number of carboxylic acids is 1. The minimum absolute atomic E-state index is 0.0106. The monoisotopic (exact) mass is 458 g/mol. The topological polar surface area (TPSA) is 95.9 Å². The largest absolute Gasteiger partial charge is 0.481 e. The van der Waals surface area contributed by atoms with Crippen molar-refractivity contribution < 1.29 is 24.2 Å². The summed E-state index contributed by atoms with van der Waals surface area (Å²) < 4.78 is 5.57. The summed E-state index contributed by atoms with van der Waals surface area (Å²) in [5.74, 6) is 0.576. The van der Waals surface area contributed by atoms with Gasteiger partial charge >= 0.3 is 12.1 Å². The van der Waals surface area contributed by atoms with Gasteiger partial charge in [-0.25, -0.2) is 4.79 Å². The number of hydrogen-bond acceptors (Lipinski definition) is 4. The quantitative estimate of drug-likeness (QED) is 0.647. The number of carboxylic acid groups (broad SMARTS) is 1. The molecule has 2 aliphatic heterocycles. The highest BCUT2D eigenvalue weighted by atomic mass is 16.5. The van der Waals surface area contributed by atoms with Crippen LogP contribution in [0.25, 0.3) is 11.1 Å². The molecule has 0 spiro atoms. The summed E-state index contributed by atoms with van der Waals surface area (Å²) in [4.78, 5) is 39.2. The Morgan fingerprint density at radius 3 is 2.32 bits per heavy atom. The second-order valence-corrected chi connectivity index (χ2v) is 9.16. The molecule has 7 nitrogen and oxygen atoms in total. The molecule has 2 aromatic carbocycles. The van der Waals surface area contributed by atoms with Gasteiger partial charge in [-0.1, -0.05) is 48.5 Å². The maximum atomic E-state index is 13.3. The Balaban J connectivity index is 1.26. The fourth-order valence-electron chi connectivity index (χ4n) is 5.88. The first-order valence-corrected chi connectivity index (χ1v) is 11.6. The number of nitrogens with one attached hydrogen (secondary N) is 1. The van der Waals surface area contributed by atoms with E-state index < -0.39 is 24.0 Å². The summed E-state index contributed by atoms with van der Waals surface area (Å²) in [6, 6.07) is 14.7. The smallest absolute Gasteiger partial charge is 0.407 e. The molecule has 2 N–H and O–H groups in total. The predicted molar refractivity (Wildman–Crippen MR) is 125 cm³/mol. The van der Waals surface area contributed by atoms with Crippen LogP contribution >= 0.6 is 0 Å². The van der Waals surface area contributed by atoms with E-state index in [-0.39, 0.29) is 36.9 Å². The molecule has 2 heterocycles. The zero-order valence-electron chi connectivity index (χ0n) is 18.6. The molecular weight excluding hydrogens is 432 g/mol. The number of ether oxygens (including phenoxy) is 1. The summed E-state index contributed by atoms with van der Waals surface area (Å²) in [7, 11) is 0. The van der Waals surface area contributed by atoms with E-state index in [0.29, 0.717) is 12.8 Å². The Kier molecular flexibility index (Phi) is 5.74. The standard InChI is InChI=1S/C27H26N2O5/c1-2-7-23(25(30)29-16-12-13-24(29)21(14-16)26(31)32)28-27(33)34-15-22-19-10-5-3-8-17(19)18-9-4-6-11-20(18)22/h1,3-6,8-11,16,21-24H,7,12-15H2,(H,28,33)(H,31,32)/t16-,21+,23?,24+/m1/s1. The molecule has 0 radical (unpaired) electrons. The number of fused-ring (bicyclic) bond motifs is 5. The van der Waals surface area contributed by atoms with Crippen molar-refractivity contribution in [2.24, 2.45) is 5.92 Å². The first-order chi connectivity index (χ1) is 16.5. The van der Waals surface area contributed by atoms with Crippen molar-refractivity contribution in [3.8, 4) is 23.5 Å². The van der Waals surface area contributed by atoms with Crippen molar-refractivity contribution in [3.05, 3.63) is 59.7 Å². The fraction of sp³-hybridized carbons (Fsp3) is 0.370. The minimum Gasteiger partial charge on any atom is -0.481 e. The SMILES string of the molecule is C#CCC(NC(=O)OCC1c2ccccc2-c2ccccc21)C(=O)N1[C@@H]2CC[C@H]1[C@@H](C(=O)O)C2. The van der Waals surface area contributed by atoms with Crippen LogP contribution in [0.5, 0.6) is 0 Å². The van der Waals surface area contributed by atoms with E-state index in [1.165, 1.54) is 0 Å². The van der Waals surface area contributed by atoms with Gasteiger partial charge in [-0.15, -0.1) is 12.3 Å². The molecule has 2 bridgehead atoms. The van der Waals surface area contributed by atoms with Crippen LogP contribution in [0.3, 0.4) is 0 Å². The summed E-state index contributed by atoms with van der Waals surface area (Å²) >= 11 is 0. The van der Waals surface area contributed by atoms with E-state index in [9.17, 15) is 19.5 Å². The number of carbonyl (C=O) groups is 3. The summed E-state index contributed by atoms with van der Waals surface area (Å²) in [5, 5.41) is 12.1. The number of aliphatic carboxylic acids is 1. The first kappa shape index (κ1) is 22.0. The second-order valence-electron chi connectivity index (χ2n) is 9.16. The number of hydrogen-bond donors (Lipinski definition) is 2. The molecule has 0 aromatic heterocycles. The van der Waals surface area contributed by atoms with Crippen LogP contribution in [0.15, 0.2) is 48.5 Å². The van der Waals surface area contributed by atoms with E-state index in [0.717, 1.165) is 28.7 Å². The molecule has 2 amide bonds. The lowest BCUT2D eigenvalue weighted by atomic mass is 9.89. The maximum absolute atomic E-state index is 13.3. The van der Waals surface area contributed by atoms with Crippen LogP contribution in [-0.2, 0) is 14.3 Å². The third kappa shape index (κ3) is 3.69. The van der Waals surface area contributed by atoms with Crippen molar-refractivity contribution in [1.29, 1.82) is 0 Å². The van der Waals surface area contributed by atoms with Crippen molar-refractivity contribution >= 4 is 18.0 Å². The first-order valence-electron chi connectivity index (χ1n) is 11.6. The maximum Gasteiger partial charge on any atom is 0.407 e. The van der Waals surface area contributed by atoms with E-state index in [4.69, 9.17) is 11.2 Å². The molecule has 1 aliphatic carbocycles. The molecular formula is C27H26N2O5. The van der Waals surface area contributed by atoms with Crippen LogP contribution in [0, 0.1) is 18.3 Å². The zero-order chi connectivity index (χ0) is 23.8. The van der Waals surface area contributed by atoms with Gasteiger partial charge in [0.1, 0.15) is 12.6 Å². The Labute approximate surface area is 198 Å². The summed E-state index contributed by atoms with van der Waals surface area (Å²) in [6.07, 6.45) is 6.64. The lowest BCUT2D eigenvalue weighted by Crippen LogP contribution is -2.51. The molecule has 7 heteroatoms. The van der Waals surface area contributed by atoms with Crippen LogP contribution in [0.2, 0.25) is 0 Å². The number of nitrogens with zero attached hydrogens (tertiary/aromatic N) is 1. The molecule has 2 aromatic rings. The Hall–Kier alpha value is -3.79. The third-order valence-corrected chi connectivity index (χ3v) is 7.36. The Morgan fingerprint density at radius 2 is 1.74 bits per heavy atom. The van der Waals surface area contributed by atoms with E-state index >= 15 is 0 Å². The average molecular weight is 459 g/mol. The highest BCUT2D eigenvalue weighted by Gasteiger charge is 2.52. The Morgan fingerprint density at radius 1 is 1.09 bits per heavy atom. The third-order valence-electron chi connectivity index (χ3n) is 7.36. The molecule has 1 unspecified atom stereocenters. The summed E-state index contributed by atoms with van der Waals surface area (Å²) in [5.41, 5.74) is 4.46. The van der Waals surface area contributed by atoms with Crippen molar-refractivity contribution in [2.45, 2.75) is 49.7 Å². The second kappa shape index (κ2) is 8.86. The van der Waals surface area contributed by atoms with Gasteiger partial charge in [-0.05, 0) is 41.5 Å². The van der Waals surface area contributed by atoms with Crippen molar-refractivity contribution in [1.82, 2.24) is 10.2 Å². The normalized spacial score (nSPS) is 23.0. The minimum atomic E-state index is -0.948. The van der Waals surface area contributed by atoms with E-state index in [1.54, 1.807) is 4.90 Å². The fourth-order valence-corrected chi connectivity index (χ4v) is 5.88. The van der Waals surface area contributed by atoms with Crippen molar-refractivity contribution in [2.75, 3.05) is 6.61 Å². The van der Waals surface area contributed by atoms with Crippen LogP contribution < -0.4 is 5.32 Å². The summed E-state index contributed by atoms with van der Waals surface area (Å²) in [6.45, 7) is 0.132. The molecule has 2 fully saturated rings. The highest BCUT2D eigenvalue weighted by Crippen LogP contribution is 2.45. The predicted octanol–water partition coefficient (Wildman–Crippen LogP) is 3.38. The molecule has 174 valence electrons. The Bertz CT molecular complexity index is 1140. The van der Waals surface area contributed by atoms with Gasteiger partial charge in [0.2, 0.25) is 5.91 Å². The lowest BCUT2D eigenvalue weighted by molar-refractivity contribution is -0.143. The van der Waals surface area contributed by atoms with Gasteiger partial charge in [0.15, 0.2) is 0 Å². The number of carbonyl (C=O) groups excluding carboxylic acids is 2. The number of amides is 2. The molecule has 3 aliphatic rings. The van der Waals surface area contributed by atoms with Gasteiger partial charge in [0.25, 0.3) is 0 Å². The molecule has 5 rings (SSSR count). The van der Waals surface area contributed by atoms with E-state index in [1.807, 2.05) is 36.4 Å². The van der Waals surface area contributed by atoms with Gasteiger partial charge in [0.05, 0.1) is 5.92 Å². The number of alkyl carbamates (subject to hydrolysis) is 1. The number of terminal acetylenes is 1. The van der Waals surface area contributed by atoms with Gasteiger partial charge in [-0.2, -0.15) is 0 Å². The lowest BCUT2D eigenvalue weighted by Gasteiger charge is -2.27. The van der Waals surface area contributed by atoms with E-state index in [2.05, 4.69) is 23.4 Å². The zero-order valence-corrected chi connectivity index (χ0v) is 18.6. The van der Waals surface area contributed by atoms with Gasteiger partial charge in [0, 0.05) is 24.4 Å². The van der Waals surface area contributed by atoms with Crippen LogP contribution in [0.4, 0.5) is 4.79 Å². The molecule has 34 heavy (non-hydrogen) atoms. The number of benzene rings is 2. The van der Waals surface area contributed by atoms with Crippen LogP contribution in [0.1, 0.15) is 42.7 Å². The van der Waals surface area contributed by atoms with Gasteiger partial charge in [-0.3, -0.25) is 9.59 Å². The highest BCUT2D eigenvalue weighted by molar-refractivity contribution is 5.88. The molecule has 0 saturated carbocycles.